The third kappa shape index (κ3) is 1.79. The lowest BCUT2D eigenvalue weighted by molar-refractivity contribution is -0.725. The van der Waals surface area contributed by atoms with Crippen molar-refractivity contribution in [2.75, 3.05) is 0 Å². The molecule has 60 valence electrons. The topological polar surface area (TPSA) is 3.88 Å². The van der Waals surface area contributed by atoms with Gasteiger partial charge in [0.15, 0.2) is 17.9 Å². The summed E-state index contributed by atoms with van der Waals surface area (Å²) >= 11 is 0. The molecule has 0 N–H and O–H groups in total. The van der Waals surface area contributed by atoms with Crippen LogP contribution in [0.4, 0.5) is 0 Å². The van der Waals surface area contributed by atoms with Crippen LogP contribution >= 0.6 is 0 Å². The highest BCUT2D eigenvalue weighted by Gasteiger charge is 2.10. The molecule has 0 radical (unpaired) electrons. The van der Waals surface area contributed by atoms with E-state index in [1.54, 1.807) is 0 Å². The van der Waals surface area contributed by atoms with Gasteiger partial charge in [-0.1, -0.05) is 13.0 Å². The van der Waals surface area contributed by atoms with Gasteiger partial charge in [0.2, 0.25) is 0 Å². The van der Waals surface area contributed by atoms with E-state index in [0.717, 1.165) is 0 Å². The SMILES string of the molecule is CCC(C)[n+]1ccccc1C. The van der Waals surface area contributed by atoms with Crippen molar-refractivity contribution >= 4 is 0 Å². The Labute approximate surface area is 68.7 Å². The van der Waals surface area contributed by atoms with Gasteiger partial charge in [-0.15, -0.1) is 0 Å². The van der Waals surface area contributed by atoms with E-state index >= 15 is 0 Å². The molecule has 1 rings (SSSR count). The number of hydrogen-bond acceptors (Lipinski definition) is 0. The predicted octanol–water partition coefficient (Wildman–Crippen LogP) is 2.25. The Morgan fingerprint density at radius 1 is 1.45 bits per heavy atom. The van der Waals surface area contributed by atoms with E-state index < -0.39 is 0 Å². The van der Waals surface area contributed by atoms with E-state index in [4.69, 9.17) is 0 Å². The van der Waals surface area contributed by atoms with Crippen LogP contribution in [0, 0.1) is 6.92 Å². The number of aryl methyl sites for hydroxylation is 1. The van der Waals surface area contributed by atoms with E-state index in [1.165, 1.54) is 12.1 Å². The second kappa shape index (κ2) is 3.51. The van der Waals surface area contributed by atoms with Gasteiger partial charge in [-0.3, -0.25) is 0 Å². The van der Waals surface area contributed by atoms with Crippen molar-refractivity contribution in [3.05, 3.63) is 30.1 Å². The van der Waals surface area contributed by atoms with Crippen molar-refractivity contribution in [2.24, 2.45) is 0 Å². The second-order valence-corrected chi connectivity index (χ2v) is 3.01. The van der Waals surface area contributed by atoms with Crippen molar-refractivity contribution < 1.29 is 4.57 Å². The minimum absolute atomic E-state index is 0.621. The molecular weight excluding hydrogens is 134 g/mol. The lowest BCUT2D eigenvalue weighted by atomic mass is 10.2. The van der Waals surface area contributed by atoms with Crippen molar-refractivity contribution in [1.82, 2.24) is 0 Å². The average molecular weight is 150 g/mol. The highest BCUT2D eigenvalue weighted by Crippen LogP contribution is 2.01. The molecule has 0 saturated carbocycles. The number of nitrogens with zero attached hydrogens (tertiary/aromatic N) is 1. The first kappa shape index (κ1) is 8.25. The Morgan fingerprint density at radius 3 is 2.73 bits per heavy atom. The Kier molecular flexibility index (Phi) is 2.64. The van der Waals surface area contributed by atoms with Crippen LogP contribution in [0.25, 0.3) is 0 Å². The van der Waals surface area contributed by atoms with Gasteiger partial charge >= 0.3 is 0 Å². The van der Waals surface area contributed by atoms with E-state index in [1.807, 2.05) is 0 Å². The third-order valence-corrected chi connectivity index (χ3v) is 2.17. The maximum Gasteiger partial charge on any atom is 0.178 e. The largest absolute Gasteiger partial charge is 0.200 e. The molecule has 11 heavy (non-hydrogen) atoms. The van der Waals surface area contributed by atoms with Crippen LogP contribution in [0.1, 0.15) is 32.0 Å². The molecule has 0 fully saturated rings. The van der Waals surface area contributed by atoms with Crippen LogP contribution < -0.4 is 4.57 Å². The number of hydrogen-bond donors (Lipinski definition) is 0. The summed E-state index contributed by atoms with van der Waals surface area (Å²) in [5.41, 5.74) is 1.34. The van der Waals surface area contributed by atoms with Gasteiger partial charge in [-0.05, 0) is 6.92 Å². The Bertz CT molecular complexity index is 230. The molecule has 1 heteroatoms. The minimum atomic E-state index is 0.621. The Hall–Kier alpha value is -0.850. The van der Waals surface area contributed by atoms with Crippen molar-refractivity contribution in [3.8, 4) is 0 Å². The van der Waals surface area contributed by atoms with Crippen molar-refractivity contribution in [3.63, 3.8) is 0 Å². The zero-order chi connectivity index (χ0) is 8.27. The number of pyridine rings is 1. The molecule has 0 spiro atoms. The lowest BCUT2D eigenvalue weighted by Gasteiger charge is -2.05. The quantitative estimate of drug-likeness (QED) is 0.569. The normalized spacial score (nSPS) is 13.0. The van der Waals surface area contributed by atoms with Gasteiger partial charge < -0.3 is 0 Å². The van der Waals surface area contributed by atoms with Crippen LogP contribution in [0.3, 0.4) is 0 Å². The van der Waals surface area contributed by atoms with Gasteiger partial charge in [0.25, 0.3) is 0 Å². The summed E-state index contributed by atoms with van der Waals surface area (Å²) in [6.45, 7) is 6.60. The van der Waals surface area contributed by atoms with Gasteiger partial charge in [-0.2, -0.15) is 0 Å². The summed E-state index contributed by atoms with van der Waals surface area (Å²) in [5.74, 6) is 0. The molecular formula is C10H16N+. The molecule has 1 unspecified atom stereocenters. The predicted molar refractivity (Wildman–Crippen MR) is 46.4 cm³/mol. The fraction of sp³-hybridized carbons (Fsp3) is 0.500. The van der Waals surface area contributed by atoms with E-state index in [2.05, 4.69) is 49.7 Å². The Balaban J connectivity index is 2.93. The summed E-state index contributed by atoms with van der Waals surface area (Å²) in [7, 11) is 0. The molecule has 0 saturated heterocycles. The summed E-state index contributed by atoms with van der Waals surface area (Å²) in [5, 5.41) is 0. The minimum Gasteiger partial charge on any atom is -0.200 e. The van der Waals surface area contributed by atoms with Gasteiger partial charge in [-0.25, -0.2) is 4.57 Å². The number of aromatic nitrogens is 1. The molecule has 0 aliphatic carbocycles. The first-order valence-electron chi connectivity index (χ1n) is 4.22. The molecule has 0 amide bonds. The molecule has 1 heterocycles. The maximum absolute atomic E-state index is 2.31. The van der Waals surface area contributed by atoms with Crippen LogP contribution in [0.2, 0.25) is 0 Å². The average Bonchev–Trinajstić information content (AvgIpc) is 2.04. The second-order valence-electron chi connectivity index (χ2n) is 3.01. The van der Waals surface area contributed by atoms with E-state index in [0.29, 0.717) is 6.04 Å². The summed E-state index contributed by atoms with van der Waals surface area (Å²) in [6, 6.07) is 6.93. The van der Waals surface area contributed by atoms with Gasteiger partial charge in [0, 0.05) is 25.5 Å². The molecule has 0 bridgehead atoms. The van der Waals surface area contributed by atoms with Gasteiger partial charge in [0.1, 0.15) is 0 Å². The fourth-order valence-electron chi connectivity index (χ4n) is 1.23. The molecule has 0 aromatic carbocycles. The van der Waals surface area contributed by atoms with Crippen LogP contribution in [-0.4, -0.2) is 0 Å². The van der Waals surface area contributed by atoms with Crippen LogP contribution in [0.5, 0.6) is 0 Å². The third-order valence-electron chi connectivity index (χ3n) is 2.17. The molecule has 0 aliphatic heterocycles. The Morgan fingerprint density at radius 2 is 2.18 bits per heavy atom. The van der Waals surface area contributed by atoms with E-state index in [-0.39, 0.29) is 0 Å². The first-order chi connectivity index (χ1) is 5.25. The molecule has 1 aromatic heterocycles. The summed E-state index contributed by atoms with van der Waals surface area (Å²) < 4.78 is 2.31. The van der Waals surface area contributed by atoms with Crippen LogP contribution in [-0.2, 0) is 0 Å². The van der Waals surface area contributed by atoms with Gasteiger partial charge in [0.05, 0.1) is 0 Å². The standard InChI is InChI=1S/C10H16N/c1-4-9(2)11-8-6-5-7-10(11)3/h5-9H,4H2,1-3H3/q+1. The van der Waals surface area contributed by atoms with Crippen molar-refractivity contribution in [1.29, 1.82) is 0 Å². The first-order valence-corrected chi connectivity index (χ1v) is 4.22. The molecule has 0 aliphatic rings. The molecule has 1 nitrogen and oxygen atoms in total. The van der Waals surface area contributed by atoms with Crippen LogP contribution in [0.15, 0.2) is 24.4 Å². The van der Waals surface area contributed by atoms with Crippen molar-refractivity contribution in [2.45, 2.75) is 33.2 Å². The smallest absolute Gasteiger partial charge is 0.178 e. The maximum atomic E-state index is 2.31. The highest BCUT2D eigenvalue weighted by molar-refractivity contribution is 4.94. The molecule has 1 atom stereocenters. The number of rotatable bonds is 2. The highest BCUT2D eigenvalue weighted by atomic mass is 15.0. The summed E-state index contributed by atoms with van der Waals surface area (Å²) in [4.78, 5) is 0. The molecule has 1 aromatic rings. The monoisotopic (exact) mass is 150 g/mol. The zero-order valence-corrected chi connectivity index (χ0v) is 7.54. The lowest BCUT2D eigenvalue weighted by Crippen LogP contribution is -2.39. The fourth-order valence-corrected chi connectivity index (χ4v) is 1.23. The zero-order valence-electron chi connectivity index (χ0n) is 7.54. The summed E-state index contributed by atoms with van der Waals surface area (Å²) in [6.07, 6.45) is 3.33. The van der Waals surface area contributed by atoms with E-state index in [9.17, 15) is 0 Å².